The topological polar surface area (TPSA) is 32.3 Å². The molecular weight excluding hydrogens is 254 g/mol. The van der Waals surface area contributed by atoms with Crippen LogP contribution in [0.3, 0.4) is 0 Å². The van der Waals surface area contributed by atoms with E-state index in [1.54, 1.807) is 23.5 Å². The van der Waals surface area contributed by atoms with Crippen molar-refractivity contribution in [2.75, 3.05) is 5.32 Å². The zero-order chi connectivity index (χ0) is 11.8. The second-order valence-electron chi connectivity index (χ2n) is 4.21. The lowest BCUT2D eigenvalue weighted by molar-refractivity contribution is 0.475. The van der Waals surface area contributed by atoms with Gasteiger partial charge in [-0.3, -0.25) is 0 Å². The predicted octanol–water partition coefficient (Wildman–Crippen LogP) is 4.21. The number of hydrogen-bond acceptors (Lipinski definition) is 3. The monoisotopic (exact) mass is 265 g/mol. The average molecular weight is 266 g/mol. The van der Waals surface area contributed by atoms with Crippen LogP contribution in [0.2, 0.25) is 4.34 Å². The van der Waals surface area contributed by atoms with E-state index in [0.29, 0.717) is 6.04 Å². The van der Waals surface area contributed by atoms with Gasteiger partial charge in [0, 0.05) is 16.6 Å². The first-order valence-corrected chi connectivity index (χ1v) is 6.75. The Bertz CT molecular complexity index is 552. The highest BCUT2D eigenvalue weighted by molar-refractivity contribution is 7.16. The Kier molecular flexibility index (Phi) is 2.73. The molecule has 1 aromatic heterocycles. The van der Waals surface area contributed by atoms with Crippen LogP contribution in [0, 0.1) is 0 Å². The zero-order valence-electron chi connectivity index (χ0n) is 9.11. The number of benzene rings is 1. The van der Waals surface area contributed by atoms with E-state index in [-0.39, 0.29) is 5.75 Å². The smallest absolute Gasteiger partial charge is 0.117 e. The Hall–Kier alpha value is -1.19. The molecule has 1 aromatic carbocycles. The fourth-order valence-electron chi connectivity index (χ4n) is 2.28. The van der Waals surface area contributed by atoms with Crippen molar-refractivity contribution in [2.45, 2.75) is 18.9 Å². The summed E-state index contributed by atoms with van der Waals surface area (Å²) in [5.74, 6) is 0.288. The normalized spacial score (nSPS) is 18.1. The maximum absolute atomic E-state index is 9.43. The molecule has 1 heterocycles. The van der Waals surface area contributed by atoms with Crippen LogP contribution in [0.25, 0.3) is 0 Å². The van der Waals surface area contributed by atoms with Crippen molar-refractivity contribution in [1.29, 1.82) is 0 Å². The van der Waals surface area contributed by atoms with E-state index >= 15 is 0 Å². The Morgan fingerprint density at radius 3 is 3.06 bits per heavy atom. The first kappa shape index (κ1) is 10.9. The molecule has 88 valence electrons. The van der Waals surface area contributed by atoms with Crippen LogP contribution in [0.4, 0.5) is 5.69 Å². The number of fused-ring (bicyclic) bond motifs is 1. The van der Waals surface area contributed by atoms with Crippen LogP contribution in [0.1, 0.15) is 22.9 Å². The summed E-state index contributed by atoms with van der Waals surface area (Å²) in [5, 5.41) is 12.9. The van der Waals surface area contributed by atoms with Crippen molar-refractivity contribution in [3.63, 3.8) is 0 Å². The third-order valence-corrected chi connectivity index (χ3v) is 4.37. The highest BCUT2D eigenvalue weighted by atomic mass is 35.5. The lowest BCUT2D eigenvalue weighted by Crippen LogP contribution is -2.06. The van der Waals surface area contributed by atoms with Gasteiger partial charge < -0.3 is 10.4 Å². The van der Waals surface area contributed by atoms with Gasteiger partial charge in [0.2, 0.25) is 0 Å². The number of rotatable bonds is 2. The van der Waals surface area contributed by atoms with E-state index in [2.05, 4.69) is 11.4 Å². The standard InChI is InChI=1S/C13H12ClNOS/c14-13-7-10-11(4-5-12(10)17-13)15-8-2-1-3-9(16)6-8/h1-3,6-7,11,15-16H,4-5H2. The second-order valence-corrected chi connectivity index (χ2v) is 5.98. The summed E-state index contributed by atoms with van der Waals surface area (Å²) in [6, 6.07) is 9.59. The maximum atomic E-state index is 9.43. The minimum Gasteiger partial charge on any atom is -0.508 e. The van der Waals surface area contributed by atoms with Crippen molar-refractivity contribution in [1.82, 2.24) is 0 Å². The van der Waals surface area contributed by atoms with Gasteiger partial charge in [-0.1, -0.05) is 17.7 Å². The molecule has 0 spiro atoms. The van der Waals surface area contributed by atoms with Gasteiger partial charge >= 0.3 is 0 Å². The number of phenolic OH excluding ortho intramolecular Hbond substituents is 1. The Morgan fingerprint density at radius 2 is 2.24 bits per heavy atom. The third kappa shape index (κ3) is 2.13. The number of aryl methyl sites for hydroxylation is 1. The number of phenols is 1. The van der Waals surface area contributed by atoms with Gasteiger partial charge in [-0.25, -0.2) is 0 Å². The average Bonchev–Trinajstić information content (AvgIpc) is 2.80. The SMILES string of the molecule is Oc1cccc(NC2CCc3sc(Cl)cc32)c1. The van der Waals surface area contributed by atoms with Gasteiger partial charge in [0.05, 0.1) is 10.4 Å². The van der Waals surface area contributed by atoms with E-state index in [1.165, 1.54) is 10.4 Å². The summed E-state index contributed by atoms with van der Waals surface area (Å²) in [6.45, 7) is 0. The number of thiophene rings is 1. The minimum atomic E-state index is 0.288. The van der Waals surface area contributed by atoms with Crippen molar-refractivity contribution in [2.24, 2.45) is 0 Å². The van der Waals surface area contributed by atoms with E-state index in [1.807, 2.05) is 12.1 Å². The molecule has 2 nitrogen and oxygen atoms in total. The molecular formula is C13H12ClNOS. The summed E-state index contributed by atoms with van der Waals surface area (Å²) < 4.78 is 0.859. The molecule has 3 rings (SSSR count). The number of aromatic hydroxyl groups is 1. The number of anilines is 1. The van der Waals surface area contributed by atoms with Gasteiger partial charge in [0.25, 0.3) is 0 Å². The highest BCUT2D eigenvalue weighted by Gasteiger charge is 2.24. The second kappa shape index (κ2) is 4.24. The molecule has 0 saturated carbocycles. The van der Waals surface area contributed by atoms with Crippen molar-refractivity contribution >= 4 is 28.6 Å². The highest BCUT2D eigenvalue weighted by Crippen LogP contribution is 2.41. The van der Waals surface area contributed by atoms with Gasteiger partial charge in [-0.05, 0) is 36.6 Å². The van der Waals surface area contributed by atoms with E-state index in [4.69, 9.17) is 11.6 Å². The van der Waals surface area contributed by atoms with Crippen LogP contribution in [-0.4, -0.2) is 5.11 Å². The van der Waals surface area contributed by atoms with E-state index in [0.717, 1.165) is 22.9 Å². The predicted molar refractivity (Wildman–Crippen MR) is 72.1 cm³/mol. The minimum absolute atomic E-state index is 0.288. The van der Waals surface area contributed by atoms with Crippen LogP contribution in [0.5, 0.6) is 5.75 Å². The van der Waals surface area contributed by atoms with Crippen molar-refractivity contribution in [3.8, 4) is 5.75 Å². The lowest BCUT2D eigenvalue weighted by atomic mass is 10.1. The number of hydrogen-bond donors (Lipinski definition) is 2. The summed E-state index contributed by atoms with van der Waals surface area (Å²) in [4.78, 5) is 1.38. The largest absolute Gasteiger partial charge is 0.508 e. The molecule has 1 aliphatic carbocycles. The summed E-state index contributed by atoms with van der Waals surface area (Å²) in [6.07, 6.45) is 2.18. The number of halogens is 1. The molecule has 0 amide bonds. The summed E-state index contributed by atoms with van der Waals surface area (Å²) in [5.41, 5.74) is 2.26. The number of nitrogens with one attached hydrogen (secondary N) is 1. The first-order valence-electron chi connectivity index (χ1n) is 5.56. The molecule has 1 unspecified atom stereocenters. The summed E-state index contributed by atoms with van der Waals surface area (Å²) >= 11 is 7.69. The van der Waals surface area contributed by atoms with Gasteiger partial charge in [0.15, 0.2) is 0 Å². The fourth-order valence-corrected chi connectivity index (χ4v) is 3.63. The molecule has 0 radical (unpaired) electrons. The van der Waals surface area contributed by atoms with Crippen LogP contribution < -0.4 is 5.32 Å². The first-order chi connectivity index (χ1) is 8.22. The third-order valence-electron chi connectivity index (χ3n) is 3.03. The van der Waals surface area contributed by atoms with Gasteiger partial charge in [-0.15, -0.1) is 11.3 Å². The molecule has 2 N–H and O–H groups in total. The van der Waals surface area contributed by atoms with Crippen molar-refractivity contribution in [3.05, 3.63) is 45.1 Å². The fraction of sp³-hybridized carbons (Fsp3) is 0.231. The summed E-state index contributed by atoms with van der Waals surface area (Å²) in [7, 11) is 0. The molecule has 0 fully saturated rings. The Morgan fingerprint density at radius 1 is 1.35 bits per heavy atom. The molecule has 0 saturated heterocycles. The Balaban J connectivity index is 1.83. The van der Waals surface area contributed by atoms with Crippen LogP contribution in [0.15, 0.2) is 30.3 Å². The Labute approximate surface area is 109 Å². The van der Waals surface area contributed by atoms with Crippen LogP contribution in [-0.2, 0) is 6.42 Å². The lowest BCUT2D eigenvalue weighted by Gasteiger charge is -2.14. The molecule has 2 aromatic rings. The van der Waals surface area contributed by atoms with E-state index < -0.39 is 0 Å². The molecule has 17 heavy (non-hydrogen) atoms. The molecule has 0 aliphatic heterocycles. The van der Waals surface area contributed by atoms with Crippen LogP contribution >= 0.6 is 22.9 Å². The molecule has 0 bridgehead atoms. The molecule has 4 heteroatoms. The zero-order valence-corrected chi connectivity index (χ0v) is 10.7. The van der Waals surface area contributed by atoms with Gasteiger partial charge in [0.1, 0.15) is 5.75 Å². The molecule has 1 aliphatic rings. The maximum Gasteiger partial charge on any atom is 0.117 e. The molecule has 1 atom stereocenters. The van der Waals surface area contributed by atoms with Crippen molar-refractivity contribution < 1.29 is 5.11 Å². The van der Waals surface area contributed by atoms with E-state index in [9.17, 15) is 5.11 Å². The van der Waals surface area contributed by atoms with Gasteiger partial charge in [-0.2, -0.15) is 0 Å². The quantitative estimate of drug-likeness (QED) is 0.853.